The van der Waals surface area contributed by atoms with Gasteiger partial charge in [-0.3, -0.25) is 14.9 Å². The summed E-state index contributed by atoms with van der Waals surface area (Å²) >= 11 is 0. The monoisotopic (exact) mass is 413 g/mol. The summed E-state index contributed by atoms with van der Waals surface area (Å²) in [6.07, 6.45) is 1.56. The van der Waals surface area contributed by atoms with Crippen LogP contribution in [-0.4, -0.2) is 22.4 Å². The van der Waals surface area contributed by atoms with E-state index in [1.54, 1.807) is 36.4 Å². The first-order chi connectivity index (χ1) is 14.8. The van der Waals surface area contributed by atoms with Crippen LogP contribution < -0.4 is 10.2 Å². The van der Waals surface area contributed by atoms with E-state index in [2.05, 4.69) is 28.1 Å². The molecule has 3 aromatic rings. The summed E-state index contributed by atoms with van der Waals surface area (Å²) in [5.74, 6) is -1.34. The molecule has 0 unspecified atom stereocenters. The van der Waals surface area contributed by atoms with Crippen molar-refractivity contribution in [2.45, 2.75) is 27.7 Å². The van der Waals surface area contributed by atoms with Crippen molar-refractivity contribution in [3.63, 3.8) is 0 Å². The number of urea groups is 1. The minimum absolute atomic E-state index is 0.0795. The molecule has 6 nitrogen and oxygen atoms in total. The van der Waals surface area contributed by atoms with Crippen LogP contribution in [0.3, 0.4) is 0 Å². The number of barbiturate groups is 1. The van der Waals surface area contributed by atoms with Crippen LogP contribution >= 0.6 is 0 Å². The van der Waals surface area contributed by atoms with Crippen molar-refractivity contribution in [1.29, 1.82) is 0 Å². The summed E-state index contributed by atoms with van der Waals surface area (Å²) in [4.78, 5) is 38.9. The van der Waals surface area contributed by atoms with Gasteiger partial charge in [0.2, 0.25) is 0 Å². The molecule has 0 spiro atoms. The largest absolute Gasteiger partial charge is 0.335 e. The fourth-order valence-corrected chi connectivity index (χ4v) is 4.04. The van der Waals surface area contributed by atoms with Crippen LogP contribution in [0.1, 0.15) is 28.1 Å². The Bertz CT molecular complexity index is 1230. The molecule has 6 heteroatoms. The summed E-state index contributed by atoms with van der Waals surface area (Å²) in [6.45, 7) is 8.03. The lowest BCUT2D eigenvalue weighted by Gasteiger charge is -2.26. The average Bonchev–Trinajstić information content (AvgIpc) is 2.98. The van der Waals surface area contributed by atoms with Crippen LogP contribution in [0.5, 0.6) is 0 Å². The van der Waals surface area contributed by atoms with Gasteiger partial charge in [0.1, 0.15) is 5.57 Å². The highest BCUT2D eigenvalue weighted by Gasteiger charge is 2.36. The minimum Gasteiger partial charge on any atom is -0.318 e. The van der Waals surface area contributed by atoms with Gasteiger partial charge >= 0.3 is 6.03 Å². The highest BCUT2D eigenvalue weighted by molar-refractivity contribution is 6.39. The zero-order chi connectivity index (χ0) is 22.3. The normalized spacial score (nSPS) is 15.5. The van der Waals surface area contributed by atoms with Crippen molar-refractivity contribution in [2.75, 3.05) is 4.90 Å². The highest BCUT2D eigenvalue weighted by atomic mass is 16.2. The molecule has 2 aromatic carbocycles. The Balaban J connectivity index is 1.78. The van der Waals surface area contributed by atoms with E-state index in [0.717, 1.165) is 38.7 Å². The number of aromatic nitrogens is 1. The minimum atomic E-state index is -0.751. The molecule has 0 bridgehead atoms. The number of benzene rings is 2. The highest BCUT2D eigenvalue weighted by Crippen LogP contribution is 2.26. The second kappa shape index (κ2) is 7.72. The first-order valence-electron chi connectivity index (χ1n) is 10.0. The number of carbonyl (C=O) groups excluding carboxylic acids is 3. The summed E-state index contributed by atoms with van der Waals surface area (Å²) in [5, 5.41) is 2.27. The SMILES string of the molecule is Cc1cc(C)cc(-n2c(C)cc(/C=C3/C(=O)NC(=O)N(c4ccccc4)C3=O)c2C)c1. The predicted octanol–water partition coefficient (Wildman–Crippen LogP) is 4.38. The van der Waals surface area contributed by atoms with Crippen molar-refractivity contribution in [3.8, 4) is 5.69 Å². The molecule has 1 N–H and O–H groups in total. The quantitative estimate of drug-likeness (QED) is 0.512. The third-order valence-corrected chi connectivity index (χ3v) is 5.35. The maximum atomic E-state index is 13.1. The third kappa shape index (κ3) is 3.68. The molecule has 156 valence electrons. The van der Waals surface area contributed by atoms with Gasteiger partial charge in [-0.1, -0.05) is 24.3 Å². The Morgan fingerprint density at radius 1 is 0.806 bits per heavy atom. The summed E-state index contributed by atoms with van der Waals surface area (Å²) in [5.41, 5.74) is 6.29. The molecular weight excluding hydrogens is 390 g/mol. The Morgan fingerprint density at radius 3 is 2.10 bits per heavy atom. The Hall–Kier alpha value is -3.93. The van der Waals surface area contributed by atoms with Crippen LogP contribution in [0.25, 0.3) is 11.8 Å². The van der Waals surface area contributed by atoms with Crippen LogP contribution in [0.2, 0.25) is 0 Å². The van der Waals surface area contributed by atoms with Crippen LogP contribution in [-0.2, 0) is 9.59 Å². The smallest absolute Gasteiger partial charge is 0.318 e. The molecule has 1 aliphatic rings. The predicted molar refractivity (Wildman–Crippen MR) is 120 cm³/mol. The molecule has 2 heterocycles. The average molecular weight is 413 g/mol. The molecule has 0 radical (unpaired) electrons. The molecule has 4 rings (SSSR count). The number of hydrogen-bond donors (Lipinski definition) is 1. The number of nitrogens with zero attached hydrogens (tertiary/aromatic N) is 2. The van der Waals surface area contributed by atoms with Gasteiger partial charge in [0.15, 0.2) is 0 Å². The van der Waals surface area contributed by atoms with Gasteiger partial charge in [0.05, 0.1) is 5.69 Å². The van der Waals surface area contributed by atoms with E-state index in [1.165, 1.54) is 0 Å². The zero-order valence-electron chi connectivity index (χ0n) is 17.9. The number of hydrogen-bond acceptors (Lipinski definition) is 3. The molecule has 31 heavy (non-hydrogen) atoms. The van der Waals surface area contributed by atoms with Gasteiger partial charge in [-0.2, -0.15) is 0 Å². The molecule has 1 saturated heterocycles. The number of rotatable bonds is 3. The molecular formula is C25H23N3O3. The number of para-hydroxylation sites is 1. The van der Waals surface area contributed by atoms with E-state index in [1.807, 2.05) is 33.8 Å². The van der Waals surface area contributed by atoms with Crippen LogP contribution in [0, 0.1) is 27.7 Å². The summed E-state index contributed by atoms with van der Waals surface area (Å²) < 4.78 is 2.09. The molecule has 0 aliphatic carbocycles. The Kier molecular flexibility index (Phi) is 5.07. The number of carbonyl (C=O) groups is 3. The molecule has 0 saturated carbocycles. The summed E-state index contributed by atoms with van der Waals surface area (Å²) in [6, 6.07) is 16.0. The Labute approximate surface area is 180 Å². The molecule has 1 aromatic heterocycles. The van der Waals surface area contributed by atoms with Gasteiger partial charge in [-0.05, 0) is 80.8 Å². The second-order valence-electron chi connectivity index (χ2n) is 7.80. The van der Waals surface area contributed by atoms with Crippen LogP contribution in [0.4, 0.5) is 10.5 Å². The molecule has 4 amide bonds. The fraction of sp³-hybridized carbons (Fsp3) is 0.160. The molecule has 1 fully saturated rings. The van der Waals surface area contributed by atoms with E-state index in [-0.39, 0.29) is 5.57 Å². The first-order valence-corrected chi connectivity index (χ1v) is 10.0. The van der Waals surface area contributed by atoms with E-state index in [4.69, 9.17) is 0 Å². The van der Waals surface area contributed by atoms with Crippen molar-refractivity contribution in [3.05, 3.63) is 88.2 Å². The topological polar surface area (TPSA) is 71.4 Å². The molecule has 0 atom stereocenters. The van der Waals surface area contributed by atoms with Gasteiger partial charge in [0.25, 0.3) is 11.8 Å². The standard InChI is InChI=1S/C25H23N3O3/c1-15-10-16(2)12-21(11-15)27-17(3)13-19(18(27)4)14-22-23(29)26-25(31)28(24(22)30)20-8-6-5-7-9-20/h5-14H,1-4H3,(H,26,29,31)/b22-14-. The fourth-order valence-electron chi connectivity index (χ4n) is 4.04. The lowest BCUT2D eigenvalue weighted by molar-refractivity contribution is -0.122. The number of aryl methyl sites for hydroxylation is 3. The maximum Gasteiger partial charge on any atom is 0.335 e. The van der Waals surface area contributed by atoms with Gasteiger partial charge in [0, 0.05) is 17.1 Å². The van der Waals surface area contributed by atoms with Gasteiger partial charge < -0.3 is 4.57 Å². The van der Waals surface area contributed by atoms with Crippen molar-refractivity contribution < 1.29 is 14.4 Å². The summed E-state index contributed by atoms with van der Waals surface area (Å²) in [7, 11) is 0. The third-order valence-electron chi connectivity index (χ3n) is 5.35. The Morgan fingerprint density at radius 2 is 1.45 bits per heavy atom. The first kappa shape index (κ1) is 20.3. The van der Waals surface area contributed by atoms with Crippen molar-refractivity contribution in [2.24, 2.45) is 0 Å². The number of amides is 4. The zero-order valence-corrected chi connectivity index (χ0v) is 17.9. The number of anilines is 1. The number of nitrogens with one attached hydrogen (secondary N) is 1. The van der Waals surface area contributed by atoms with E-state index < -0.39 is 17.8 Å². The number of imide groups is 2. The lowest BCUT2D eigenvalue weighted by Crippen LogP contribution is -2.54. The van der Waals surface area contributed by atoms with Crippen molar-refractivity contribution in [1.82, 2.24) is 9.88 Å². The maximum absolute atomic E-state index is 13.1. The van der Waals surface area contributed by atoms with E-state index in [0.29, 0.717) is 5.69 Å². The molecule has 1 aliphatic heterocycles. The van der Waals surface area contributed by atoms with E-state index >= 15 is 0 Å². The lowest BCUT2D eigenvalue weighted by atomic mass is 10.1. The van der Waals surface area contributed by atoms with E-state index in [9.17, 15) is 14.4 Å². The van der Waals surface area contributed by atoms with Crippen molar-refractivity contribution >= 4 is 29.6 Å². The van der Waals surface area contributed by atoms with Gasteiger partial charge in [-0.25, -0.2) is 9.69 Å². The second-order valence-corrected chi connectivity index (χ2v) is 7.80. The van der Waals surface area contributed by atoms with Crippen LogP contribution in [0.15, 0.2) is 60.2 Å². The van der Waals surface area contributed by atoms with Gasteiger partial charge in [-0.15, -0.1) is 0 Å².